The van der Waals surface area contributed by atoms with Gasteiger partial charge in [-0.1, -0.05) is 6.42 Å². The summed E-state index contributed by atoms with van der Waals surface area (Å²) < 4.78 is 1.67. The average molecular weight is 270 g/mol. The Morgan fingerprint density at radius 3 is 2.89 bits per heavy atom. The smallest absolute Gasteiger partial charge is 0.273 e. The summed E-state index contributed by atoms with van der Waals surface area (Å²) in [5, 5.41) is 6.99. The molecule has 0 aromatic carbocycles. The van der Waals surface area contributed by atoms with Crippen LogP contribution >= 0.6 is 11.8 Å². The first-order valence-corrected chi connectivity index (χ1v) is 7.68. The first-order chi connectivity index (χ1) is 8.69. The molecule has 1 rings (SSSR count). The van der Waals surface area contributed by atoms with Gasteiger partial charge in [-0.2, -0.15) is 16.9 Å². The number of carbonyl (C=O) groups is 1. The summed E-state index contributed by atoms with van der Waals surface area (Å²) in [6.07, 6.45) is 7.13. The molecule has 1 aromatic heterocycles. The lowest BCUT2D eigenvalue weighted by atomic mass is 10.2. The van der Waals surface area contributed by atoms with Crippen LogP contribution in [0.5, 0.6) is 0 Å². The summed E-state index contributed by atoms with van der Waals surface area (Å²) in [6.45, 7) is 3.36. The molecule has 6 heteroatoms. The highest BCUT2D eigenvalue weighted by molar-refractivity contribution is 7.98. The number of amides is 1. The maximum absolute atomic E-state index is 11.8. The number of nitrogen functional groups attached to an aromatic ring is 1. The standard InChI is InChI=1S/C12H22N4OS/c1-3-16-9-10(13)11(15-16)12(17)14-7-5-4-6-8-18-2/h9H,3-8,13H2,1-2H3,(H,14,17). The molecule has 0 radical (unpaired) electrons. The van der Waals surface area contributed by atoms with E-state index in [0.29, 0.717) is 24.5 Å². The van der Waals surface area contributed by atoms with Gasteiger partial charge in [-0.15, -0.1) is 0 Å². The zero-order valence-corrected chi connectivity index (χ0v) is 11.9. The zero-order chi connectivity index (χ0) is 13.4. The number of thioether (sulfide) groups is 1. The van der Waals surface area contributed by atoms with Crippen LogP contribution in [0.25, 0.3) is 0 Å². The Kier molecular flexibility index (Phi) is 6.64. The van der Waals surface area contributed by atoms with Gasteiger partial charge in [0.25, 0.3) is 5.91 Å². The van der Waals surface area contributed by atoms with E-state index in [-0.39, 0.29) is 5.91 Å². The molecule has 18 heavy (non-hydrogen) atoms. The second-order valence-corrected chi connectivity index (χ2v) is 5.08. The van der Waals surface area contributed by atoms with E-state index in [2.05, 4.69) is 16.7 Å². The molecule has 3 N–H and O–H groups in total. The van der Waals surface area contributed by atoms with E-state index >= 15 is 0 Å². The highest BCUT2D eigenvalue weighted by Gasteiger charge is 2.13. The second-order valence-electron chi connectivity index (χ2n) is 4.10. The number of aryl methyl sites for hydroxylation is 1. The Hall–Kier alpha value is -1.17. The SMILES string of the molecule is CCn1cc(N)c(C(=O)NCCCCCSC)n1. The summed E-state index contributed by atoms with van der Waals surface area (Å²) in [5.74, 6) is 1.01. The minimum atomic E-state index is -0.176. The molecule has 0 spiro atoms. The summed E-state index contributed by atoms with van der Waals surface area (Å²) in [7, 11) is 0. The van der Waals surface area contributed by atoms with E-state index in [0.717, 1.165) is 12.8 Å². The van der Waals surface area contributed by atoms with Gasteiger partial charge in [0.2, 0.25) is 0 Å². The fourth-order valence-electron chi connectivity index (χ4n) is 1.61. The summed E-state index contributed by atoms with van der Waals surface area (Å²) >= 11 is 1.85. The van der Waals surface area contributed by atoms with Crippen LogP contribution in [0.1, 0.15) is 36.7 Å². The number of rotatable bonds is 8. The molecule has 102 valence electrons. The highest BCUT2D eigenvalue weighted by Crippen LogP contribution is 2.08. The molecular weight excluding hydrogens is 248 g/mol. The third kappa shape index (κ3) is 4.60. The Labute approximate surface area is 112 Å². The molecule has 0 aliphatic carbocycles. The first kappa shape index (κ1) is 14.9. The maximum Gasteiger partial charge on any atom is 0.273 e. The Morgan fingerprint density at radius 1 is 1.50 bits per heavy atom. The van der Waals surface area contributed by atoms with Crippen LogP contribution in [0.4, 0.5) is 5.69 Å². The third-order valence-corrected chi connectivity index (χ3v) is 3.34. The normalized spacial score (nSPS) is 10.6. The molecule has 1 amide bonds. The molecule has 0 atom stereocenters. The number of nitrogens with zero attached hydrogens (tertiary/aromatic N) is 2. The number of nitrogens with two attached hydrogens (primary N) is 1. The fraction of sp³-hybridized carbons (Fsp3) is 0.667. The van der Waals surface area contributed by atoms with Crippen molar-refractivity contribution in [3.05, 3.63) is 11.9 Å². The van der Waals surface area contributed by atoms with Gasteiger partial charge in [0.15, 0.2) is 5.69 Å². The van der Waals surface area contributed by atoms with Gasteiger partial charge in [-0.05, 0) is 31.8 Å². The van der Waals surface area contributed by atoms with Crippen LogP contribution in [0.15, 0.2) is 6.20 Å². The summed E-state index contributed by atoms with van der Waals surface area (Å²) in [5.41, 5.74) is 6.52. The number of hydrogen-bond donors (Lipinski definition) is 2. The number of anilines is 1. The second kappa shape index (κ2) is 8.02. The molecule has 0 saturated heterocycles. The highest BCUT2D eigenvalue weighted by atomic mass is 32.2. The predicted molar refractivity (Wildman–Crippen MR) is 76.9 cm³/mol. The lowest BCUT2D eigenvalue weighted by molar-refractivity contribution is 0.0948. The van der Waals surface area contributed by atoms with Crippen molar-refractivity contribution in [1.82, 2.24) is 15.1 Å². The first-order valence-electron chi connectivity index (χ1n) is 6.29. The molecule has 0 unspecified atom stereocenters. The Morgan fingerprint density at radius 2 is 2.28 bits per heavy atom. The monoisotopic (exact) mass is 270 g/mol. The zero-order valence-electron chi connectivity index (χ0n) is 11.1. The van der Waals surface area contributed by atoms with Gasteiger partial charge in [0, 0.05) is 19.3 Å². The van der Waals surface area contributed by atoms with E-state index in [1.165, 1.54) is 12.2 Å². The number of aromatic nitrogens is 2. The van der Waals surface area contributed by atoms with Crippen LogP contribution in [0.3, 0.4) is 0 Å². The van der Waals surface area contributed by atoms with E-state index in [9.17, 15) is 4.79 Å². The van der Waals surface area contributed by atoms with Gasteiger partial charge >= 0.3 is 0 Å². The molecule has 0 aliphatic heterocycles. The molecular formula is C12H22N4OS. The molecule has 0 fully saturated rings. The van der Waals surface area contributed by atoms with Crippen LogP contribution in [0.2, 0.25) is 0 Å². The summed E-state index contributed by atoms with van der Waals surface area (Å²) in [4.78, 5) is 11.8. The molecule has 0 bridgehead atoms. The van der Waals surface area contributed by atoms with Crippen molar-refractivity contribution in [2.75, 3.05) is 24.3 Å². The lowest BCUT2D eigenvalue weighted by Gasteiger charge is -2.03. The fourth-order valence-corrected chi connectivity index (χ4v) is 2.10. The Bertz CT molecular complexity index is 378. The van der Waals surface area contributed by atoms with E-state index in [1.807, 2.05) is 18.7 Å². The third-order valence-electron chi connectivity index (χ3n) is 2.64. The maximum atomic E-state index is 11.8. The molecule has 1 heterocycles. The number of unbranched alkanes of at least 4 members (excludes halogenated alkanes) is 2. The van der Waals surface area contributed by atoms with Crippen molar-refractivity contribution >= 4 is 23.4 Å². The molecule has 5 nitrogen and oxygen atoms in total. The van der Waals surface area contributed by atoms with Crippen LogP contribution in [0, 0.1) is 0 Å². The van der Waals surface area contributed by atoms with Crippen molar-refractivity contribution in [1.29, 1.82) is 0 Å². The average Bonchev–Trinajstić information content (AvgIpc) is 2.75. The van der Waals surface area contributed by atoms with Crippen molar-refractivity contribution in [2.24, 2.45) is 0 Å². The topological polar surface area (TPSA) is 72.9 Å². The van der Waals surface area contributed by atoms with E-state index in [4.69, 9.17) is 5.73 Å². The van der Waals surface area contributed by atoms with Crippen molar-refractivity contribution in [3.8, 4) is 0 Å². The van der Waals surface area contributed by atoms with Gasteiger partial charge in [0.05, 0.1) is 5.69 Å². The van der Waals surface area contributed by atoms with Gasteiger partial charge in [-0.25, -0.2) is 0 Å². The Balaban J connectivity index is 2.29. The minimum absolute atomic E-state index is 0.176. The van der Waals surface area contributed by atoms with Crippen LogP contribution in [-0.2, 0) is 6.54 Å². The van der Waals surface area contributed by atoms with Gasteiger partial charge in [-0.3, -0.25) is 9.48 Å². The van der Waals surface area contributed by atoms with Gasteiger partial charge in [0.1, 0.15) is 0 Å². The van der Waals surface area contributed by atoms with Crippen molar-refractivity contribution in [2.45, 2.75) is 32.7 Å². The van der Waals surface area contributed by atoms with E-state index < -0.39 is 0 Å². The largest absolute Gasteiger partial charge is 0.396 e. The molecule has 1 aromatic rings. The van der Waals surface area contributed by atoms with Crippen LogP contribution in [-0.4, -0.2) is 34.2 Å². The number of nitrogens with one attached hydrogen (secondary N) is 1. The predicted octanol–water partition coefficient (Wildman–Crippen LogP) is 1.75. The van der Waals surface area contributed by atoms with Crippen molar-refractivity contribution in [3.63, 3.8) is 0 Å². The lowest BCUT2D eigenvalue weighted by Crippen LogP contribution is -2.25. The molecule has 0 aliphatic rings. The summed E-state index contributed by atoms with van der Waals surface area (Å²) in [6, 6.07) is 0. The number of hydrogen-bond acceptors (Lipinski definition) is 4. The van der Waals surface area contributed by atoms with E-state index in [1.54, 1.807) is 10.9 Å². The minimum Gasteiger partial charge on any atom is -0.396 e. The number of carbonyl (C=O) groups excluding carboxylic acids is 1. The van der Waals surface area contributed by atoms with Crippen molar-refractivity contribution < 1.29 is 4.79 Å². The molecule has 0 saturated carbocycles. The quantitative estimate of drug-likeness (QED) is 0.706. The van der Waals surface area contributed by atoms with Gasteiger partial charge < -0.3 is 11.1 Å². The van der Waals surface area contributed by atoms with Crippen LogP contribution < -0.4 is 11.1 Å².